The molecule has 0 amide bonds. The van der Waals surface area contributed by atoms with Gasteiger partial charge in [0.25, 0.3) is 0 Å². The number of rotatable bonds is 3. The van der Waals surface area contributed by atoms with Crippen LogP contribution in [0.5, 0.6) is 0 Å². The molecule has 130 valence electrons. The molecule has 0 unspecified atom stereocenters. The number of guanidine groups is 1. The standard InChI is InChI=1S/C17H29N5.HI/c1-15-19-9-12-21(15)13-10-20-16(18-2)22-11-8-17(14-22)6-4-3-5-7-17;/h9,12H,3-8,10-11,13-14H2,1-2H3,(H,18,20);1H. The summed E-state index contributed by atoms with van der Waals surface area (Å²) in [6, 6.07) is 0. The van der Waals surface area contributed by atoms with Gasteiger partial charge in [-0.3, -0.25) is 4.99 Å². The van der Waals surface area contributed by atoms with Crippen molar-refractivity contribution in [2.45, 2.75) is 52.0 Å². The molecule has 0 atom stereocenters. The van der Waals surface area contributed by atoms with Crippen LogP contribution in [0.3, 0.4) is 0 Å². The van der Waals surface area contributed by atoms with Crippen LogP contribution in [-0.4, -0.2) is 47.1 Å². The number of aromatic nitrogens is 2. The Hall–Kier alpha value is -0.790. The van der Waals surface area contributed by atoms with Crippen molar-refractivity contribution in [3.63, 3.8) is 0 Å². The van der Waals surface area contributed by atoms with Crippen LogP contribution in [0, 0.1) is 12.3 Å². The molecular weight excluding hydrogens is 401 g/mol. The van der Waals surface area contributed by atoms with Crippen molar-refractivity contribution < 1.29 is 0 Å². The van der Waals surface area contributed by atoms with Crippen molar-refractivity contribution in [2.75, 3.05) is 26.7 Å². The number of aryl methyl sites for hydroxylation is 1. The van der Waals surface area contributed by atoms with E-state index < -0.39 is 0 Å². The molecule has 0 radical (unpaired) electrons. The second-order valence-corrected chi connectivity index (χ2v) is 6.87. The highest BCUT2D eigenvalue weighted by Gasteiger charge is 2.39. The molecule has 0 aromatic carbocycles. The van der Waals surface area contributed by atoms with Gasteiger partial charge < -0.3 is 14.8 Å². The first-order chi connectivity index (χ1) is 10.7. The van der Waals surface area contributed by atoms with E-state index in [1.807, 2.05) is 26.4 Å². The van der Waals surface area contributed by atoms with E-state index in [4.69, 9.17) is 0 Å². The van der Waals surface area contributed by atoms with Crippen LogP contribution in [0.1, 0.15) is 44.3 Å². The molecule has 2 heterocycles. The van der Waals surface area contributed by atoms with E-state index in [9.17, 15) is 0 Å². The van der Waals surface area contributed by atoms with Crippen molar-refractivity contribution in [3.05, 3.63) is 18.2 Å². The predicted molar refractivity (Wildman–Crippen MR) is 105 cm³/mol. The minimum absolute atomic E-state index is 0. The molecule has 1 aliphatic carbocycles. The summed E-state index contributed by atoms with van der Waals surface area (Å²) in [5.41, 5.74) is 0.580. The Labute approximate surface area is 157 Å². The number of nitrogens with one attached hydrogen (secondary N) is 1. The maximum atomic E-state index is 4.50. The lowest BCUT2D eigenvalue weighted by Gasteiger charge is -2.33. The predicted octanol–water partition coefficient (Wildman–Crippen LogP) is 3.04. The second-order valence-electron chi connectivity index (χ2n) is 6.87. The lowest BCUT2D eigenvalue weighted by Crippen LogP contribution is -2.42. The SMILES string of the molecule is CN=C(NCCn1ccnc1C)N1CCC2(CCCCC2)C1.I. The Morgan fingerprint density at radius 1 is 1.30 bits per heavy atom. The fourth-order valence-corrected chi connectivity index (χ4v) is 4.09. The smallest absolute Gasteiger partial charge is 0.193 e. The lowest BCUT2D eigenvalue weighted by molar-refractivity contribution is 0.203. The fourth-order valence-electron chi connectivity index (χ4n) is 4.09. The van der Waals surface area contributed by atoms with Crippen molar-refractivity contribution in [1.82, 2.24) is 19.8 Å². The zero-order valence-corrected chi connectivity index (χ0v) is 16.8. The number of likely N-dealkylation sites (tertiary alicyclic amines) is 1. The number of aliphatic imine (C=N–C) groups is 1. The second kappa shape index (κ2) is 8.35. The Morgan fingerprint density at radius 3 is 2.74 bits per heavy atom. The normalized spacial score (nSPS) is 20.6. The quantitative estimate of drug-likeness (QED) is 0.455. The molecule has 1 aliphatic heterocycles. The third-order valence-electron chi connectivity index (χ3n) is 5.42. The molecule has 1 saturated heterocycles. The van der Waals surface area contributed by atoms with Gasteiger partial charge in [-0.1, -0.05) is 19.3 Å². The molecule has 5 nitrogen and oxygen atoms in total. The van der Waals surface area contributed by atoms with Crippen LogP contribution in [0.15, 0.2) is 17.4 Å². The van der Waals surface area contributed by atoms with Crippen LogP contribution < -0.4 is 5.32 Å². The highest BCUT2D eigenvalue weighted by molar-refractivity contribution is 14.0. The summed E-state index contributed by atoms with van der Waals surface area (Å²) in [5, 5.41) is 3.53. The highest BCUT2D eigenvalue weighted by Crippen LogP contribution is 2.43. The Balaban J connectivity index is 0.00000192. The Kier molecular flexibility index (Phi) is 6.73. The highest BCUT2D eigenvalue weighted by atomic mass is 127. The van der Waals surface area contributed by atoms with Crippen molar-refractivity contribution in [2.24, 2.45) is 10.4 Å². The molecule has 2 fully saturated rings. The molecule has 23 heavy (non-hydrogen) atoms. The average Bonchev–Trinajstić information content (AvgIpc) is 3.12. The van der Waals surface area contributed by atoms with Crippen molar-refractivity contribution in [3.8, 4) is 0 Å². The minimum Gasteiger partial charge on any atom is -0.354 e. The van der Waals surface area contributed by atoms with Crippen LogP contribution in [0.2, 0.25) is 0 Å². The van der Waals surface area contributed by atoms with E-state index >= 15 is 0 Å². The summed E-state index contributed by atoms with van der Waals surface area (Å²) in [5.74, 6) is 2.14. The third kappa shape index (κ3) is 4.39. The maximum Gasteiger partial charge on any atom is 0.193 e. The van der Waals surface area contributed by atoms with Gasteiger partial charge in [-0.25, -0.2) is 4.98 Å². The Morgan fingerprint density at radius 2 is 2.09 bits per heavy atom. The van der Waals surface area contributed by atoms with Crippen molar-refractivity contribution >= 4 is 29.9 Å². The summed E-state index contributed by atoms with van der Waals surface area (Å²) in [6.45, 7) is 6.22. The van der Waals surface area contributed by atoms with E-state index in [0.717, 1.165) is 31.4 Å². The zero-order chi connectivity index (χ0) is 15.4. The number of hydrogen-bond donors (Lipinski definition) is 1. The van der Waals surface area contributed by atoms with Gasteiger partial charge in [-0.15, -0.1) is 24.0 Å². The first-order valence-corrected chi connectivity index (χ1v) is 8.66. The number of halogens is 1. The molecule has 3 rings (SSSR count). The monoisotopic (exact) mass is 431 g/mol. The molecule has 1 aromatic heterocycles. The summed E-state index contributed by atoms with van der Waals surface area (Å²) in [4.78, 5) is 11.2. The molecular formula is C17H30IN5. The summed E-state index contributed by atoms with van der Waals surface area (Å²) in [6.07, 6.45) is 12.3. The van der Waals surface area contributed by atoms with Crippen LogP contribution in [0.25, 0.3) is 0 Å². The molecule has 1 N–H and O–H groups in total. The first kappa shape index (κ1) is 18.5. The van der Waals surface area contributed by atoms with E-state index in [-0.39, 0.29) is 24.0 Å². The van der Waals surface area contributed by atoms with Gasteiger partial charge in [0, 0.05) is 45.6 Å². The summed E-state index contributed by atoms with van der Waals surface area (Å²) < 4.78 is 2.17. The lowest BCUT2D eigenvalue weighted by atomic mass is 9.73. The first-order valence-electron chi connectivity index (χ1n) is 8.66. The van der Waals surface area contributed by atoms with Crippen LogP contribution in [0.4, 0.5) is 0 Å². The van der Waals surface area contributed by atoms with Gasteiger partial charge in [-0.2, -0.15) is 0 Å². The fraction of sp³-hybridized carbons (Fsp3) is 0.765. The van der Waals surface area contributed by atoms with E-state index in [2.05, 4.69) is 24.8 Å². The Bertz CT molecular complexity index is 519. The van der Waals surface area contributed by atoms with Crippen LogP contribution >= 0.6 is 24.0 Å². The molecule has 1 saturated carbocycles. The molecule has 0 bridgehead atoms. The number of imidazole rings is 1. The van der Waals surface area contributed by atoms with Gasteiger partial charge in [0.1, 0.15) is 5.82 Å². The van der Waals surface area contributed by atoms with E-state index in [1.165, 1.54) is 45.1 Å². The third-order valence-corrected chi connectivity index (χ3v) is 5.42. The van der Waals surface area contributed by atoms with Gasteiger partial charge in [0.15, 0.2) is 5.96 Å². The molecule has 1 spiro atoms. The largest absolute Gasteiger partial charge is 0.354 e. The summed E-state index contributed by atoms with van der Waals surface area (Å²) in [7, 11) is 1.90. The number of nitrogens with zero attached hydrogens (tertiary/aromatic N) is 4. The maximum absolute atomic E-state index is 4.50. The minimum atomic E-state index is 0. The molecule has 2 aliphatic rings. The van der Waals surface area contributed by atoms with Gasteiger partial charge in [0.2, 0.25) is 0 Å². The van der Waals surface area contributed by atoms with Gasteiger partial charge >= 0.3 is 0 Å². The molecule has 1 aromatic rings. The topological polar surface area (TPSA) is 45.5 Å². The number of hydrogen-bond acceptors (Lipinski definition) is 2. The van der Waals surface area contributed by atoms with E-state index in [0.29, 0.717) is 5.41 Å². The van der Waals surface area contributed by atoms with E-state index in [1.54, 1.807) is 0 Å². The van der Waals surface area contributed by atoms with Gasteiger partial charge in [-0.05, 0) is 31.6 Å². The van der Waals surface area contributed by atoms with Crippen LogP contribution in [-0.2, 0) is 6.54 Å². The van der Waals surface area contributed by atoms with Crippen molar-refractivity contribution in [1.29, 1.82) is 0 Å². The average molecular weight is 431 g/mol. The molecule has 6 heteroatoms. The summed E-state index contributed by atoms with van der Waals surface area (Å²) >= 11 is 0. The van der Waals surface area contributed by atoms with Gasteiger partial charge in [0.05, 0.1) is 0 Å². The zero-order valence-electron chi connectivity index (χ0n) is 14.4.